The zero-order chi connectivity index (χ0) is 20.8. The number of imidazole rings is 1. The molecule has 0 aliphatic heterocycles. The molecule has 0 spiro atoms. The van der Waals surface area contributed by atoms with Crippen molar-refractivity contribution in [1.29, 1.82) is 0 Å². The van der Waals surface area contributed by atoms with Gasteiger partial charge in [-0.25, -0.2) is 4.98 Å². The van der Waals surface area contributed by atoms with Gasteiger partial charge in [-0.15, -0.1) is 0 Å². The summed E-state index contributed by atoms with van der Waals surface area (Å²) >= 11 is 0. The van der Waals surface area contributed by atoms with Crippen LogP contribution in [-0.2, 0) is 19.5 Å². The quantitative estimate of drug-likeness (QED) is 0.369. The summed E-state index contributed by atoms with van der Waals surface area (Å²) < 4.78 is 4.01. The molecule has 0 aliphatic carbocycles. The van der Waals surface area contributed by atoms with Crippen LogP contribution in [0.1, 0.15) is 22.4 Å². The highest BCUT2D eigenvalue weighted by molar-refractivity contribution is 5.79. The Morgan fingerprint density at radius 3 is 2.67 bits per heavy atom. The van der Waals surface area contributed by atoms with Crippen molar-refractivity contribution in [2.45, 2.75) is 26.4 Å². The van der Waals surface area contributed by atoms with Crippen LogP contribution in [0.2, 0.25) is 0 Å². The second-order valence-corrected chi connectivity index (χ2v) is 7.23. The molecule has 1 aromatic carbocycles. The van der Waals surface area contributed by atoms with Crippen LogP contribution in [0.25, 0.3) is 5.65 Å². The molecule has 3 heterocycles. The largest absolute Gasteiger partial charge is 0.356 e. The van der Waals surface area contributed by atoms with E-state index in [1.165, 1.54) is 16.7 Å². The summed E-state index contributed by atoms with van der Waals surface area (Å²) in [5, 5.41) is 11.1. The van der Waals surface area contributed by atoms with Crippen molar-refractivity contribution in [3.05, 3.63) is 89.6 Å². The number of aryl methyl sites for hydroxylation is 1. The molecule has 7 nitrogen and oxygen atoms in total. The van der Waals surface area contributed by atoms with E-state index < -0.39 is 0 Å². The van der Waals surface area contributed by atoms with Gasteiger partial charge >= 0.3 is 0 Å². The SMILES string of the molecule is CN=C(NCCc1cn2cccc(C)c2n1)NCc1ccccc1Cn1cccn1. The maximum Gasteiger partial charge on any atom is 0.191 e. The maximum atomic E-state index is 4.73. The van der Waals surface area contributed by atoms with Gasteiger partial charge in [0, 0.05) is 51.3 Å². The van der Waals surface area contributed by atoms with Gasteiger partial charge in [0.15, 0.2) is 5.96 Å². The molecule has 2 N–H and O–H groups in total. The van der Waals surface area contributed by atoms with Gasteiger partial charge in [-0.1, -0.05) is 30.3 Å². The van der Waals surface area contributed by atoms with E-state index in [0.29, 0.717) is 6.54 Å². The summed E-state index contributed by atoms with van der Waals surface area (Å²) in [5.74, 6) is 0.781. The van der Waals surface area contributed by atoms with Gasteiger partial charge in [0.2, 0.25) is 0 Å². The van der Waals surface area contributed by atoms with Crippen LogP contribution in [0.4, 0.5) is 0 Å². The van der Waals surface area contributed by atoms with Gasteiger partial charge in [0.1, 0.15) is 5.65 Å². The molecule has 0 saturated heterocycles. The highest BCUT2D eigenvalue weighted by Crippen LogP contribution is 2.11. The van der Waals surface area contributed by atoms with Crippen LogP contribution in [0.3, 0.4) is 0 Å². The molecule has 7 heteroatoms. The van der Waals surface area contributed by atoms with Crippen molar-refractivity contribution in [1.82, 2.24) is 29.8 Å². The van der Waals surface area contributed by atoms with E-state index in [-0.39, 0.29) is 0 Å². The molecule has 0 aliphatic rings. The molecule has 4 rings (SSSR count). The van der Waals surface area contributed by atoms with Gasteiger partial charge in [0.25, 0.3) is 0 Å². The van der Waals surface area contributed by atoms with E-state index in [2.05, 4.69) is 68.6 Å². The number of nitrogens with one attached hydrogen (secondary N) is 2. The van der Waals surface area contributed by atoms with Crippen molar-refractivity contribution >= 4 is 11.6 Å². The van der Waals surface area contributed by atoms with Gasteiger partial charge in [-0.2, -0.15) is 5.10 Å². The van der Waals surface area contributed by atoms with Gasteiger partial charge in [-0.3, -0.25) is 9.67 Å². The molecule has 0 unspecified atom stereocenters. The summed E-state index contributed by atoms with van der Waals surface area (Å²) in [6, 6.07) is 14.5. The third-order valence-corrected chi connectivity index (χ3v) is 5.08. The van der Waals surface area contributed by atoms with E-state index >= 15 is 0 Å². The zero-order valence-electron chi connectivity index (χ0n) is 17.4. The first kappa shape index (κ1) is 19.7. The van der Waals surface area contributed by atoms with Crippen molar-refractivity contribution in [3.63, 3.8) is 0 Å². The molecule has 0 atom stereocenters. The fourth-order valence-corrected chi connectivity index (χ4v) is 3.49. The van der Waals surface area contributed by atoms with E-state index in [1.807, 2.05) is 29.2 Å². The fraction of sp³-hybridized carbons (Fsp3) is 0.261. The van der Waals surface area contributed by atoms with Crippen LogP contribution in [0.5, 0.6) is 0 Å². The lowest BCUT2D eigenvalue weighted by molar-refractivity contribution is 0.677. The standard InChI is InChI=1S/C23H27N7/c1-18-7-5-13-29-17-21(28-22(18)29)10-12-25-23(24-2)26-15-19-8-3-4-9-20(19)16-30-14-6-11-27-30/h3-9,11,13-14,17H,10,12,15-16H2,1-2H3,(H2,24,25,26). The van der Waals surface area contributed by atoms with Crippen molar-refractivity contribution in [3.8, 4) is 0 Å². The Morgan fingerprint density at radius 1 is 1.03 bits per heavy atom. The number of aromatic nitrogens is 4. The van der Waals surface area contributed by atoms with E-state index in [0.717, 1.165) is 36.8 Å². The zero-order valence-corrected chi connectivity index (χ0v) is 17.4. The Bertz CT molecular complexity index is 1130. The number of rotatable bonds is 7. The Morgan fingerprint density at radius 2 is 1.90 bits per heavy atom. The fourth-order valence-electron chi connectivity index (χ4n) is 3.49. The Kier molecular flexibility index (Phi) is 6.08. The Labute approximate surface area is 176 Å². The molecular formula is C23H27N7. The number of hydrogen-bond acceptors (Lipinski definition) is 3. The van der Waals surface area contributed by atoms with Crippen LogP contribution in [-0.4, -0.2) is 38.7 Å². The lowest BCUT2D eigenvalue weighted by atomic mass is 10.1. The van der Waals surface area contributed by atoms with E-state index in [4.69, 9.17) is 4.98 Å². The van der Waals surface area contributed by atoms with Gasteiger partial charge < -0.3 is 15.0 Å². The van der Waals surface area contributed by atoms with Crippen molar-refractivity contribution in [2.75, 3.05) is 13.6 Å². The Balaban J connectivity index is 1.31. The lowest BCUT2D eigenvalue weighted by Crippen LogP contribution is -2.38. The highest BCUT2D eigenvalue weighted by atomic mass is 15.3. The number of fused-ring (bicyclic) bond motifs is 1. The smallest absolute Gasteiger partial charge is 0.191 e. The predicted molar refractivity (Wildman–Crippen MR) is 120 cm³/mol. The van der Waals surface area contributed by atoms with Crippen molar-refractivity contribution in [2.24, 2.45) is 4.99 Å². The minimum atomic E-state index is 0.699. The molecule has 4 aromatic rings. The summed E-state index contributed by atoms with van der Waals surface area (Å²) in [6.07, 6.45) is 8.74. The van der Waals surface area contributed by atoms with E-state index in [9.17, 15) is 0 Å². The van der Waals surface area contributed by atoms with Crippen LogP contribution < -0.4 is 10.6 Å². The molecule has 0 fully saturated rings. The average Bonchev–Trinajstić information content (AvgIpc) is 3.42. The minimum absolute atomic E-state index is 0.699. The van der Waals surface area contributed by atoms with Crippen LogP contribution in [0.15, 0.2) is 72.2 Å². The number of hydrogen-bond donors (Lipinski definition) is 2. The Hall–Kier alpha value is -3.61. The minimum Gasteiger partial charge on any atom is -0.356 e. The van der Waals surface area contributed by atoms with Crippen LogP contribution in [0, 0.1) is 6.92 Å². The molecular weight excluding hydrogens is 374 g/mol. The predicted octanol–water partition coefficient (Wildman–Crippen LogP) is 2.80. The average molecular weight is 402 g/mol. The second-order valence-electron chi connectivity index (χ2n) is 7.23. The topological polar surface area (TPSA) is 71.5 Å². The van der Waals surface area contributed by atoms with Crippen LogP contribution >= 0.6 is 0 Å². The first-order valence-corrected chi connectivity index (χ1v) is 10.1. The molecule has 0 radical (unpaired) electrons. The second kappa shape index (κ2) is 9.26. The molecule has 30 heavy (non-hydrogen) atoms. The molecule has 0 amide bonds. The third-order valence-electron chi connectivity index (χ3n) is 5.08. The summed E-state index contributed by atoms with van der Waals surface area (Å²) in [6.45, 7) is 4.30. The molecule has 154 valence electrons. The molecule has 0 bridgehead atoms. The monoisotopic (exact) mass is 401 g/mol. The number of pyridine rings is 1. The van der Waals surface area contributed by atoms with Gasteiger partial charge in [-0.05, 0) is 35.7 Å². The summed E-state index contributed by atoms with van der Waals surface area (Å²) in [7, 11) is 1.79. The number of nitrogens with zero attached hydrogens (tertiary/aromatic N) is 5. The number of benzene rings is 1. The van der Waals surface area contributed by atoms with Crippen molar-refractivity contribution < 1.29 is 0 Å². The molecule has 3 aromatic heterocycles. The van der Waals surface area contributed by atoms with Gasteiger partial charge in [0.05, 0.1) is 12.2 Å². The summed E-state index contributed by atoms with van der Waals surface area (Å²) in [5.41, 5.74) is 5.74. The first-order valence-electron chi connectivity index (χ1n) is 10.1. The number of guanidine groups is 1. The number of aliphatic imine (C=N–C) groups is 1. The van der Waals surface area contributed by atoms with E-state index in [1.54, 1.807) is 13.2 Å². The summed E-state index contributed by atoms with van der Waals surface area (Å²) in [4.78, 5) is 9.08. The first-order chi connectivity index (χ1) is 14.7. The lowest BCUT2D eigenvalue weighted by Gasteiger charge is -2.14. The maximum absolute atomic E-state index is 4.73. The third kappa shape index (κ3) is 4.68. The molecule has 0 saturated carbocycles. The normalized spacial score (nSPS) is 11.7. The highest BCUT2D eigenvalue weighted by Gasteiger charge is 2.06.